The van der Waals surface area contributed by atoms with Crippen LogP contribution in [0.2, 0.25) is 0 Å². The van der Waals surface area contributed by atoms with Crippen molar-refractivity contribution in [1.82, 2.24) is 19.5 Å². The van der Waals surface area contributed by atoms with Crippen molar-refractivity contribution >= 4 is 11.6 Å². The van der Waals surface area contributed by atoms with E-state index < -0.39 is 0 Å². The third kappa shape index (κ3) is 2.97. The first kappa shape index (κ1) is 16.4. The van der Waals surface area contributed by atoms with Crippen LogP contribution in [0.3, 0.4) is 0 Å². The molecule has 1 N–H and O–H groups in total. The van der Waals surface area contributed by atoms with Crippen LogP contribution in [0.1, 0.15) is 41.8 Å². The summed E-state index contributed by atoms with van der Waals surface area (Å²) in [6, 6.07) is 2.39. The van der Waals surface area contributed by atoms with Crippen molar-refractivity contribution in [2.24, 2.45) is 0 Å². The predicted molar refractivity (Wildman–Crippen MR) is 87.3 cm³/mol. The Labute approximate surface area is 140 Å². The lowest BCUT2D eigenvalue weighted by atomic mass is 10.1. The van der Waals surface area contributed by atoms with Gasteiger partial charge in [0.1, 0.15) is 11.6 Å². The molecule has 0 spiro atoms. The minimum Gasteiger partial charge on any atom is -0.395 e. The predicted octanol–water partition coefficient (Wildman–Crippen LogP) is 1.13. The van der Waals surface area contributed by atoms with E-state index in [1.807, 2.05) is 13.8 Å². The number of aliphatic hydroxyl groups is 1. The molecule has 1 amide bonds. The standard InChI is InChI=1S/C17H21N5O2/c1-11-15(5-6-16(24)21(7-8-23)14-3-4-14)12(2)22-17(20-11)13(9-18)10-19-22/h10,14,23H,3-8H2,1-2H3. The smallest absolute Gasteiger partial charge is 0.223 e. The second kappa shape index (κ2) is 6.57. The van der Waals surface area contributed by atoms with Crippen LogP contribution in [0.15, 0.2) is 6.20 Å². The van der Waals surface area contributed by atoms with Crippen LogP contribution in [0.4, 0.5) is 0 Å². The molecule has 0 atom stereocenters. The lowest BCUT2D eigenvalue weighted by Gasteiger charge is -2.21. The number of carbonyl (C=O) groups excluding carboxylic acids is 1. The van der Waals surface area contributed by atoms with Gasteiger partial charge in [-0.05, 0) is 38.7 Å². The minimum absolute atomic E-state index is 0.00195. The van der Waals surface area contributed by atoms with E-state index in [2.05, 4.69) is 16.2 Å². The van der Waals surface area contributed by atoms with E-state index in [0.717, 1.165) is 29.8 Å². The number of carbonyl (C=O) groups is 1. The topological polar surface area (TPSA) is 94.5 Å². The summed E-state index contributed by atoms with van der Waals surface area (Å²) < 4.78 is 1.66. The summed E-state index contributed by atoms with van der Waals surface area (Å²) in [5, 5.41) is 22.5. The number of nitrogens with zero attached hydrogens (tertiary/aromatic N) is 5. The highest BCUT2D eigenvalue weighted by Gasteiger charge is 2.31. The Morgan fingerprint density at radius 3 is 2.88 bits per heavy atom. The summed E-state index contributed by atoms with van der Waals surface area (Å²) >= 11 is 0. The normalized spacial score (nSPS) is 13.9. The molecule has 0 saturated heterocycles. The molecule has 0 unspecified atom stereocenters. The highest BCUT2D eigenvalue weighted by molar-refractivity contribution is 5.77. The molecule has 2 aromatic heterocycles. The quantitative estimate of drug-likeness (QED) is 0.858. The molecule has 0 aromatic carbocycles. The molecule has 2 heterocycles. The van der Waals surface area contributed by atoms with Crippen LogP contribution < -0.4 is 0 Å². The van der Waals surface area contributed by atoms with Crippen LogP contribution in [0.25, 0.3) is 5.65 Å². The minimum atomic E-state index is -0.00195. The van der Waals surface area contributed by atoms with Crippen LogP contribution in [0.5, 0.6) is 0 Å². The number of nitriles is 1. The summed E-state index contributed by atoms with van der Waals surface area (Å²) in [6.45, 7) is 4.23. The zero-order chi connectivity index (χ0) is 17.3. The van der Waals surface area contributed by atoms with Crippen LogP contribution in [0, 0.1) is 25.2 Å². The Morgan fingerprint density at radius 1 is 1.50 bits per heavy atom. The molecule has 0 bridgehead atoms. The van der Waals surface area contributed by atoms with Crippen molar-refractivity contribution in [2.45, 2.75) is 45.6 Å². The van der Waals surface area contributed by atoms with Crippen molar-refractivity contribution in [2.75, 3.05) is 13.2 Å². The first-order valence-electron chi connectivity index (χ1n) is 8.21. The first-order valence-corrected chi connectivity index (χ1v) is 8.21. The van der Waals surface area contributed by atoms with Gasteiger partial charge in [-0.2, -0.15) is 10.4 Å². The second-order valence-corrected chi connectivity index (χ2v) is 6.21. The number of aryl methyl sites for hydroxylation is 2. The van der Waals surface area contributed by atoms with E-state index in [9.17, 15) is 4.79 Å². The van der Waals surface area contributed by atoms with Crippen molar-refractivity contribution in [3.63, 3.8) is 0 Å². The number of hydrogen-bond acceptors (Lipinski definition) is 5. The third-order valence-corrected chi connectivity index (χ3v) is 4.57. The summed E-state index contributed by atoms with van der Waals surface area (Å²) in [7, 11) is 0. The highest BCUT2D eigenvalue weighted by atomic mass is 16.3. The van der Waals surface area contributed by atoms with Gasteiger partial charge in [0.15, 0.2) is 5.65 Å². The number of fused-ring (bicyclic) bond motifs is 1. The van der Waals surface area contributed by atoms with Crippen molar-refractivity contribution < 1.29 is 9.90 Å². The SMILES string of the molecule is Cc1nc2c(C#N)cnn2c(C)c1CCC(=O)N(CCO)C1CC1. The van der Waals surface area contributed by atoms with Gasteiger partial charge in [0.2, 0.25) is 5.91 Å². The van der Waals surface area contributed by atoms with Gasteiger partial charge in [-0.3, -0.25) is 4.79 Å². The third-order valence-electron chi connectivity index (χ3n) is 4.57. The average Bonchev–Trinajstić information content (AvgIpc) is 3.32. The van der Waals surface area contributed by atoms with Gasteiger partial charge in [-0.15, -0.1) is 0 Å². The molecule has 1 saturated carbocycles. The molecule has 1 aliphatic carbocycles. The maximum atomic E-state index is 12.5. The monoisotopic (exact) mass is 327 g/mol. The van der Waals surface area contributed by atoms with E-state index >= 15 is 0 Å². The van der Waals surface area contributed by atoms with Crippen molar-refractivity contribution in [1.29, 1.82) is 5.26 Å². The lowest BCUT2D eigenvalue weighted by Crippen LogP contribution is -2.35. The summed E-state index contributed by atoms with van der Waals surface area (Å²) in [5.74, 6) is 0.0728. The summed E-state index contributed by atoms with van der Waals surface area (Å²) in [6.07, 6.45) is 4.54. The van der Waals surface area contributed by atoms with E-state index in [4.69, 9.17) is 10.4 Å². The Balaban J connectivity index is 1.80. The van der Waals surface area contributed by atoms with Crippen LogP contribution >= 0.6 is 0 Å². The maximum Gasteiger partial charge on any atom is 0.223 e. The number of amides is 1. The molecule has 1 aliphatic rings. The Bertz CT molecular complexity index is 816. The van der Waals surface area contributed by atoms with E-state index in [1.54, 1.807) is 9.42 Å². The zero-order valence-electron chi connectivity index (χ0n) is 14.0. The van der Waals surface area contributed by atoms with E-state index in [0.29, 0.717) is 36.6 Å². The van der Waals surface area contributed by atoms with Gasteiger partial charge >= 0.3 is 0 Å². The number of hydrogen-bond donors (Lipinski definition) is 1. The average molecular weight is 327 g/mol. The Morgan fingerprint density at radius 2 is 2.25 bits per heavy atom. The fourth-order valence-electron chi connectivity index (χ4n) is 3.13. The fourth-order valence-corrected chi connectivity index (χ4v) is 3.13. The zero-order valence-corrected chi connectivity index (χ0v) is 14.0. The van der Waals surface area contributed by atoms with Gasteiger partial charge in [0.25, 0.3) is 0 Å². The molecule has 3 rings (SSSR count). The van der Waals surface area contributed by atoms with E-state index in [1.165, 1.54) is 6.20 Å². The van der Waals surface area contributed by atoms with Gasteiger partial charge < -0.3 is 10.0 Å². The Hall–Kier alpha value is -2.46. The molecular formula is C17H21N5O2. The van der Waals surface area contributed by atoms with Crippen LogP contribution in [-0.4, -0.2) is 49.7 Å². The maximum absolute atomic E-state index is 12.5. The molecule has 2 aromatic rings. The number of aromatic nitrogens is 3. The Kier molecular flexibility index (Phi) is 4.49. The lowest BCUT2D eigenvalue weighted by molar-refractivity contribution is -0.132. The van der Waals surface area contributed by atoms with Crippen molar-refractivity contribution in [3.05, 3.63) is 28.7 Å². The van der Waals surface area contributed by atoms with Crippen molar-refractivity contribution in [3.8, 4) is 6.07 Å². The summed E-state index contributed by atoms with van der Waals surface area (Å²) in [5.41, 5.74) is 3.73. The molecule has 126 valence electrons. The fraction of sp³-hybridized carbons (Fsp3) is 0.529. The molecule has 0 radical (unpaired) electrons. The molecule has 7 heteroatoms. The van der Waals surface area contributed by atoms with E-state index in [-0.39, 0.29) is 12.5 Å². The largest absolute Gasteiger partial charge is 0.395 e. The summed E-state index contributed by atoms with van der Waals surface area (Å²) in [4.78, 5) is 18.7. The number of aliphatic hydroxyl groups excluding tert-OH is 1. The highest BCUT2D eigenvalue weighted by Crippen LogP contribution is 2.27. The molecule has 0 aliphatic heterocycles. The van der Waals surface area contributed by atoms with Gasteiger partial charge in [-0.25, -0.2) is 9.50 Å². The van der Waals surface area contributed by atoms with Crippen LogP contribution in [-0.2, 0) is 11.2 Å². The van der Waals surface area contributed by atoms with Gasteiger partial charge in [0.05, 0.1) is 12.8 Å². The first-order chi connectivity index (χ1) is 11.6. The molecule has 1 fully saturated rings. The molecule has 7 nitrogen and oxygen atoms in total. The molecular weight excluding hydrogens is 306 g/mol. The molecule has 24 heavy (non-hydrogen) atoms. The van der Waals surface area contributed by atoms with Gasteiger partial charge in [-0.1, -0.05) is 0 Å². The second-order valence-electron chi connectivity index (χ2n) is 6.21. The number of rotatable bonds is 6. The van der Waals surface area contributed by atoms with Gasteiger partial charge in [0, 0.05) is 30.4 Å².